The van der Waals surface area contributed by atoms with Crippen LogP contribution in [0.25, 0.3) is 0 Å². The first-order chi connectivity index (χ1) is 14.4. The lowest BCUT2D eigenvalue weighted by Gasteiger charge is -2.34. The van der Waals surface area contributed by atoms with E-state index < -0.39 is 26.6 Å². The van der Waals surface area contributed by atoms with Crippen molar-refractivity contribution < 1.29 is 21.9 Å². The Labute approximate surface area is 175 Å². The van der Waals surface area contributed by atoms with E-state index >= 15 is 0 Å². The molecule has 2 atom stereocenters. The van der Waals surface area contributed by atoms with Gasteiger partial charge in [0.05, 0.1) is 7.11 Å². The third-order valence-electron chi connectivity index (χ3n) is 6.01. The second-order valence-electron chi connectivity index (χ2n) is 7.78. The maximum atomic E-state index is 14.0. The number of halogens is 2. The predicted octanol–water partition coefficient (Wildman–Crippen LogP) is 2.98. The molecule has 162 valence electrons. The molecule has 2 saturated heterocycles. The van der Waals surface area contributed by atoms with Crippen LogP contribution in [0.2, 0.25) is 0 Å². The van der Waals surface area contributed by atoms with E-state index in [1.807, 2.05) is 24.3 Å². The molecular formula is C21H25F2N3O3S. The first-order valence-corrected chi connectivity index (χ1v) is 11.4. The van der Waals surface area contributed by atoms with Crippen LogP contribution >= 0.6 is 0 Å². The number of nitrogens with one attached hydrogen (secondary N) is 2. The zero-order valence-corrected chi connectivity index (χ0v) is 17.5. The van der Waals surface area contributed by atoms with Crippen LogP contribution in [-0.4, -0.2) is 39.0 Å². The van der Waals surface area contributed by atoms with Gasteiger partial charge in [0.2, 0.25) is 10.0 Å². The number of methoxy groups -OCH3 is 1. The van der Waals surface area contributed by atoms with Crippen LogP contribution in [0.5, 0.6) is 5.75 Å². The molecule has 2 aliphatic rings. The Kier molecular flexibility index (Phi) is 6.06. The number of rotatable bonds is 5. The van der Waals surface area contributed by atoms with Crippen LogP contribution in [-0.2, 0) is 10.0 Å². The topological polar surface area (TPSA) is 70.7 Å². The summed E-state index contributed by atoms with van der Waals surface area (Å²) < 4.78 is 59.5. The van der Waals surface area contributed by atoms with Gasteiger partial charge in [-0.05, 0) is 61.1 Å². The minimum Gasteiger partial charge on any atom is -0.497 e. The number of hydrogen-bond donors (Lipinski definition) is 2. The van der Waals surface area contributed by atoms with Crippen LogP contribution in [0.4, 0.5) is 8.78 Å². The molecule has 2 unspecified atom stereocenters. The van der Waals surface area contributed by atoms with E-state index in [2.05, 4.69) is 10.9 Å². The van der Waals surface area contributed by atoms with Gasteiger partial charge in [-0.2, -0.15) is 4.31 Å². The lowest BCUT2D eigenvalue weighted by atomic mass is 9.87. The second kappa shape index (κ2) is 8.58. The Bertz CT molecular complexity index is 1010. The highest BCUT2D eigenvalue weighted by atomic mass is 32.2. The molecule has 2 aromatic rings. The van der Waals surface area contributed by atoms with Crippen LogP contribution in [0.15, 0.2) is 47.4 Å². The number of hydrazine groups is 1. The monoisotopic (exact) mass is 437 g/mol. The number of ether oxygens (including phenoxy) is 1. The Morgan fingerprint density at radius 2 is 1.83 bits per heavy atom. The van der Waals surface area contributed by atoms with Crippen molar-refractivity contribution in [3.05, 3.63) is 59.7 Å². The Morgan fingerprint density at radius 3 is 2.57 bits per heavy atom. The van der Waals surface area contributed by atoms with E-state index in [9.17, 15) is 17.2 Å². The highest BCUT2D eigenvalue weighted by Crippen LogP contribution is 2.33. The van der Waals surface area contributed by atoms with Crippen molar-refractivity contribution in [1.29, 1.82) is 0 Å². The molecule has 2 heterocycles. The van der Waals surface area contributed by atoms with Crippen LogP contribution < -0.4 is 15.6 Å². The van der Waals surface area contributed by atoms with Crippen molar-refractivity contribution in [1.82, 2.24) is 15.2 Å². The molecule has 2 N–H and O–H groups in total. The van der Waals surface area contributed by atoms with Gasteiger partial charge in [0.1, 0.15) is 22.3 Å². The lowest BCUT2D eigenvalue weighted by Crippen LogP contribution is -2.44. The molecule has 0 aromatic heterocycles. The molecule has 2 fully saturated rings. The third kappa shape index (κ3) is 4.20. The average Bonchev–Trinajstić information content (AvgIpc) is 3.26. The normalized spacial score (nSPS) is 23.6. The summed E-state index contributed by atoms with van der Waals surface area (Å²) in [5, 5.41) is 0. The summed E-state index contributed by atoms with van der Waals surface area (Å²) in [6, 6.07) is 10.8. The van der Waals surface area contributed by atoms with Gasteiger partial charge in [-0.1, -0.05) is 12.1 Å². The summed E-state index contributed by atoms with van der Waals surface area (Å²) >= 11 is 0. The number of piperidine rings is 1. The molecule has 6 nitrogen and oxygen atoms in total. The first kappa shape index (κ1) is 21.2. The van der Waals surface area contributed by atoms with Crippen LogP contribution in [0, 0.1) is 17.6 Å². The molecule has 0 bridgehead atoms. The summed E-state index contributed by atoms with van der Waals surface area (Å²) in [7, 11) is -2.42. The molecule has 0 radical (unpaired) electrons. The average molecular weight is 438 g/mol. The Morgan fingerprint density at radius 1 is 1.07 bits per heavy atom. The summed E-state index contributed by atoms with van der Waals surface area (Å²) in [6.45, 7) is 0.565. The predicted molar refractivity (Wildman–Crippen MR) is 108 cm³/mol. The minimum absolute atomic E-state index is 0.147. The second-order valence-corrected chi connectivity index (χ2v) is 9.68. The van der Waals surface area contributed by atoms with E-state index in [-0.39, 0.29) is 31.1 Å². The van der Waals surface area contributed by atoms with E-state index in [0.29, 0.717) is 12.8 Å². The summed E-state index contributed by atoms with van der Waals surface area (Å²) in [4.78, 5) is -0.598. The van der Waals surface area contributed by atoms with Crippen molar-refractivity contribution in [3.63, 3.8) is 0 Å². The van der Waals surface area contributed by atoms with Crippen molar-refractivity contribution in [2.75, 3.05) is 20.2 Å². The van der Waals surface area contributed by atoms with E-state index in [4.69, 9.17) is 4.74 Å². The molecule has 30 heavy (non-hydrogen) atoms. The fourth-order valence-electron chi connectivity index (χ4n) is 4.30. The van der Waals surface area contributed by atoms with Gasteiger partial charge in [-0.25, -0.2) is 17.2 Å². The van der Waals surface area contributed by atoms with Crippen molar-refractivity contribution in [2.24, 2.45) is 5.92 Å². The van der Waals surface area contributed by atoms with E-state index in [1.54, 1.807) is 7.11 Å². The smallest absolute Gasteiger partial charge is 0.246 e. The maximum Gasteiger partial charge on any atom is 0.246 e. The molecule has 2 aromatic carbocycles. The van der Waals surface area contributed by atoms with Crippen molar-refractivity contribution >= 4 is 10.0 Å². The van der Waals surface area contributed by atoms with Crippen LogP contribution in [0.1, 0.15) is 30.9 Å². The van der Waals surface area contributed by atoms with Gasteiger partial charge in [0.25, 0.3) is 0 Å². The van der Waals surface area contributed by atoms with Crippen molar-refractivity contribution in [2.45, 2.75) is 36.2 Å². The molecule has 0 saturated carbocycles. The third-order valence-corrected chi connectivity index (χ3v) is 7.92. The van der Waals surface area contributed by atoms with Gasteiger partial charge in [0, 0.05) is 25.2 Å². The molecule has 0 spiro atoms. The summed E-state index contributed by atoms with van der Waals surface area (Å²) in [6.07, 6.45) is 2.18. The molecular weight excluding hydrogens is 412 g/mol. The highest BCUT2D eigenvalue weighted by molar-refractivity contribution is 7.89. The quantitative estimate of drug-likeness (QED) is 0.753. The molecule has 9 heteroatoms. The number of nitrogens with zero attached hydrogens (tertiary/aromatic N) is 1. The Hall–Kier alpha value is -2.07. The zero-order valence-electron chi connectivity index (χ0n) is 16.6. The number of sulfonamides is 1. The molecule has 2 aliphatic heterocycles. The zero-order chi connectivity index (χ0) is 21.3. The van der Waals surface area contributed by atoms with E-state index in [0.717, 1.165) is 35.9 Å². The molecule has 0 amide bonds. The highest BCUT2D eigenvalue weighted by Gasteiger charge is 2.37. The standard InChI is InChI=1S/C21H25F2N3O3S/c1-29-17-4-2-3-15(11-17)20-13-19(24-25-20)14-7-9-26(10-8-14)30(27,28)21-12-16(22)5-6-18(21)23/h2-6,11-12,14,19-20,24-25H,7-10,13H2,1H3. The SMILES string of the molecule is COc1cccc(C2CC(C3CCN(S(=O)(=O)c4cc(F)ccc4F)CC3)NN2)c1. The minimum atomic E-state index is -4.06. The van der Waals surface area contributed by atoms with Gasteiger partial charge in [-0.3, -0.25) is 10.9 Å². The number of benzene rings is 2. The molecule has 0 aliphatic carbocycles. The fourth-order valence-corrected chi connectivity index (χ4v) is 5.85. The van der Waals surface area contributed by atoms with Gasteiger partial charge >= 0.3 is 0 Å². The number of hydrogen-bond acceptors (Lipinski definition) is 5. The van der Waals surface area contributed by atoms with Gasteiger partial charge in [0.15, 0.2) is 0 Å². The van der Waals surface area contributed by atoms with E-state index in [1.165, 1.54) is 4.31 Å². The molecule has 4 rings (SSSR count). The van der Waals surface area contributed by atoms with Gasteiger partial charge < -0.3 is 4.74 Å². The lowest BCUT2D eigenvalue weighted by molar-refractivity contribution is 0.230. The largest absolute Gasteiger partial charge is 0.497 e. The summed E-state index contributed by atoms with van der Waals surface area (Å²) in [5.74, 6) is -0.603. The van der Waals surface area contributed by atoms with Crippen LogP contribution in [0.3, 0.4) is 0 Å². The Balaban J connectivity index is 1.38. The first-order valence-electron chi connectivity index (χ1n) is 9.98. The van der Waals surface area contributed by atoms with Gasteiger partial charge in [-0.15, -0.1) is 0 Å². The maximum absolute atomic E-state index is 14.0. The fraction of sp³-hybridized carbons (Fsp3) is 0.429. The summed E-state index contributed by atoms with van der Waals surface area (Å²) in [5.41, 5.74) is 7.80. The van der Waals surface area contributed by atoms with Crippen molar-refractivity contribution in [3.8, 4) is 5.75 Å².